The van der Waals surface area contributed by atoms with E-state index >= 15 is 8.78 Å². The van der Waals surface area contributed by atoms with Crippen LogP contribution in [-0.4, -0.2) is 5.97 Å². The molecule has 2 nitrogen and oxygen atoms in total. The van der Waals surface area contributed by atoms with Crippen LogP contribution in [0.3, 0.4) is 0 Å². The molecule has 1 aliphatic rings. The maximum Gasteiger partial charge on any atom is 0.346 e. The number of carbonyl (C=O) groups excluding carboxylic acids is 1. The maximum absolute atomic E-state index is 15.0. The fourth-order valence-electron chi connectivity index (χ4n) is 5.08. The number of carbonyl (C=O) groups is 1. The Balaban J connectivity index is 1.46. The summed E-state index contributed by atoms with van der Waals surface area (Å²) < 4.78 is 49.5. The first-order chi connectivity index (χ1) is 16.9. The number of ether oxygens (including phenoxy) is 1. The van der Waals surface area contributed by atoms with E-state index in [4.69, 9.17) is 4.74 Å². The van der Waals surface area contributed by atoms with Crippen LogP contribution < -0.4 is 4.74 Å². The summed E-state index contributed by atoms with van der Waals surface area (Å²) in [4.78, 5) is 12.4. The molecule has 0 spiro atoms. The number of rotatable bonds is 7. The van der Waals surface area contributed by atoms with Crippen molar-refractivity contribution in [1.82, 2.24) is 0 Å². The second-order valence-electron chi connectivity index (χ2n) is 9.42. The van der Waals surface area contributed by atoms with Crippen LogP contribution >= 0.6 is 0 Å². The smallest absolute Gasteiger partial charge is 0.346 e. The SMILES string of the molecule is CCCC1CCC(c2ccc(-c3ccc(OC(=O)c4ccc(CC)cc4F)cc3)c(F)c2F)CC1. The highest BCUT2D eigenvalue weighted by Gasteiger charge is 2.26. The molecule has 0 amide bonds. The molecule has 3 aromatic rings. The Labute approximate surface area is 205 Å². The third-order valence-electron chi connectivity index (χ3n) is 7.13. The molecule has 0 radical (unpaired) electrons. The first-order valence-corrected chi connectivity index (χ1v) is 12.5. The molecular weight excluding hydrogens is 449 g/mol. The van der Waals surface area contributed by atoms with E-state index in [0.717, 1.165) is 37.7 Å². The van der Waals surface area contributed by atoms with Crippen LogP contribution in [0.2, 0.25) is 0 Å². The lowest BCUT2D eigenvalue weighted by atomic mass is 9.77. The molecule has 5 heteroatoms. The molecule has 0 heterocycles. The van der Waals surface area contributed by atoms with E-state index in [9.17, 15) is 9.18 Å². The summed E-state index contributed by atoms with van der Waals surface area (Å²) >= 11 is 0. The van der Waals surface area contributed by atoms with Crippen LogP contribution in [0.25, 0.3) is 11.1 Å². The van der Waals surface area contributed by atoms with Crippen molar-refractivity contribution in [2.75, 3.05) is 0 Å². The molecule has 0 bridgehead atoms. The summed E-state index contributed by atoms with van der Waals surface area (Å²) in [5.74, 6) is -2.14. The predicted octanol–water partition coefficient (Wildman–Crippen LogP) is 8.63. The summed E-state index contributed by atoms with van der Waals surface area (Å²) in [6.07, 6.45) is 6.93. The minimum atomic E-state index is -0.860. The summed E-state index contributed by atoms with van der Waals surface area (Å²) in [7, 11) is 0. The molecule has 1 fully saturated rings. The maximum atomic E-state index is 15.0. The number of hydrogen-bond acceptors (Lipinski definition) is 2. The lowest BCUT2D eigenvalue weighted by Crippen LogP contribution is -2.15. The molecule has 0 aliphatic heterocycles. The van der Waals surface area contributed by atoms with E-state index in [1.54, 1.807) is 30.3 Å². The fraction of sp³-hybridized carbons (Fsp3) is 0.367. The number of esters is 1. The van der Waals surface area contributed by atoms with Crippen LogP contribution in [0.5, 0.6) is 5.75 Å². The van der Waals surface area contributed by atoms with Gasteiger partial charge in [0.2, 0.25) is 0 Å². The Bertz CT molecular complexity index is 1180. The summed E-state index contributed by atoms with van der Waals surface area (Å²) in [5, 5.41) is 0. The molecule has 0 saturated heterocycles. The Kier molecular flexibility index (Phi) is 7.94. The lowest BCUT2D eigenvalue weighted by Gasteiger charge is -2.29. The molecule has 1 aliphatic carbocycles. The van der Waals surface area contributed by atoms with Gasteiger partial charge in [-0.3, -0.25) is 0 Å². The van der Waals surface area contributed by atoms with Crippen LogP contribution in [0.1, 0.15) is 79.8 Å². The fourth-order valence-corrected chi connectivity index (χ4v) is 5.08. The van der Waals surface area contributed by atoms with Gasteiger partial charge in [0, 0.05) is 5.56 Å². The van der Waals surface area contributed by atoms with Crippen molar-refractivity contribution in [2.45, 2.75) is 64.7 Å². The van der Waals surface area contributed by atoms with Crippen molar-refractivity contribution >= 4 is 5.97 Å². The van der Waals surface area contributed by atoms with Gasteiger partial charge < -0.3 is 4.74 Å². The highest BCUT2D eigenvalue weighted by molar-refractivity contribution is 5.91. The van der Waals surface area contributed by atoms with E-state index in [1.165, 1.54) is 30.7 Å². The zero-order chi connectivity index (χ0) is 24.9. The Morgan fingerprint density at radius 2 is 1.60 bits per heavy atom. The van der Waals surface area contributed by atoms with Crippen molar-refractivity contribution in [3.63, 3.8) is 0 Å². The van der Waals surface area contributed by atoms with Crippen molar-refractivity contribution in [1.29, 1.82) is 0 Å². The molecule has 0 aromatic heterocycles. The summed E-state index contributed by atoms with van der Waals surface area (Å²) in [5.41, 5.74) is 1.72. The van der Waals surface area contributed by atoms with Crippen LogP contribution in [0.15, 0.2) is 54.6 Å². The van der Waals surface area contributed by atoms with Gasteiger partial charge in [-0.05, 0) is 84.9 Å². The van der Waals surface area contributed by atoms with Gasteiger partial charge in [0.15, 0.2) is 11.6 Å². The van der Waals surface area contributed by atoms with Crippen LogP contribution in [-0.2, 0) is 6.42 Å². The molecule has 0 N–H and O–H groups in total. The molecule has 184 valence electrons. The Morgan fingerprint density at radius 1 is 0.886 bits per heavy atom. The first kappa shape index (κ1) is 25.0. The van der Waals surface area contributed by atoms with Gasteiger partial charge in [-0.1, -0.05) is 57.0 Å². The van der Waals surface area contributed by atoms with E-state index in [0.29, 0.717) is 23.5 Å². The molecule has 4 rings (SSSR count). The van der Waals surface area contributed by atoms with Gasteiger partial charge in [0.25, 0.3) is 0 Å². The number of aryl methyl sites for hydroxylation is 1. The zero-order valence-corrected chi connectivity index (χ0v) is 20.3. The van der Waals surface area contributed by atoms with Crippen molar-refractivity contribution in [3.05, 3.63) is 88.7 Å². The van der Waals surface area contributed by atoms with Crippen LogP contribution in [0, 0.1) is 23.4 Å². The second-order valence-corrected chi connectivity index (χ2v) is 9.42. The normalized spacial score (nSPS) is 17.9. The largest absolute Gasteiger partial charge is 0.423 e. The van der Waals surface area contributed by atoms with Gasteiger partial charge in [0.05, 0.1) is 5.56 Å². The van der Waals surface area contributed by atoms with E-state index in [2.05, 4.69) is 6.92 Å². The standard InChI is InChI=1S/C30H31F3O2/c1-3-5-20-6-9-21(10-7-20)24-16-17-25(29(33)28(24)32)22-11-13-23(14-12-22)35-30(34)26-15-8-19(4-2)18-27(26)31/h8,11-18,20-21H,3-7,9-10H2,1-2H3. The third-order valence-corrected chi connectivity index (χ3v) is 7.13. The van der Waals surface area contributed by atoms with Crippen molar-refractivity contribution in [2.24, 2.45) is 5.92 Å². The second kappa shape index (κ2) is 11.1. The number of benzene rings is 3. The molecule has 35 heavy (non-hydrogen) atoms. The highest BCUT2D eigenvalue weighted by atomic mass is 19.2. The monoisotopic (exact) mass is 480 g/mol. The molecular formula is C30H31F3O2. The predicted molar refractivity (Wildman–Crippen MR) is 132 cm³/mol. The van der Waals surface area contributed by atoms with Crippen LogP contribution in [0.4, 0.5) is 13.2 Å². The zero-order valence-electron chi connectivity index (χ0n) is 20.3. The minimum Gasteiger partial charge on any atom is -0.423 e. The molecule has 1 saturated carbocycles. The molecule has 0 unspecified atom stereocenters. The first-order valence-electron chi connectivity index (χ1n) is 12.5. The van der Waals surface area contributed by atoms with Crippen molar-refractivity contribution < 1.29 is 22.7 Å². The third kappa shape index (κ3) is 5.61. The van der Waals surface area contributed by atoms with E-state index < -0.39 is 23.4 Å². The quantitative estimate of drug-likeness (QED) is 0.250. The Morgan fingerprint density at radius 3 is 2.23 bits per heavy atom. The number of hydrogen-bond donors (Lipinski definition) is 0. The highest BCUT2D eigenvalue weighted by Crippen LogP contribution is 2.40. The van der Waals surface area contributed by atoms with E-state index in [-0.39, 0.29) is 22.8 Å². The molecule has 0 atom stereocenters. The lowest BCUT2D eigenvalue weighted by molar-refractivity contribution is 0.0730. The van der Waals surface area contributed by atoms with Crippen molar-refractivity contribution in [3.8, 4) is 16.9 Å². The molecule has 3 aromatic carbocycles. The van der Waals surface area contributed by atoms with Gasteiger partial charge in [-0.25, -0.2) is 18.0 Å². The topological polar surface area (TPSA) is 26.3 Å². The Hall–Kier alpha value is -3.08. The van der Waals surface area contributed by atoms with Gasteiger partial charge in [-0.15, -0.1) is 0 Å². The number of halogens is 3. The minimum absolute atomic E-state index is 0.0558. The average Bonchev–Trinajstić information content (AvgIpc) is 2.87. The average molecular weight is 481 g/mol. The summed E-state index contributed by atoms with van der Waals surface area (Å²) in [6, 6.07) is 13.8. The van der Waals surface area contributed by atoms with E-state index in [1.807, 2.05) is 6.92 Å². The van der Waals surface area contributed by atoms with Gasteiger partial charge in [0.1, 0.15) is 11.6 Å². The summed E-state index contributed by atoms with van der Waals surface area (Å²) in [6.45, 7) is 4.08. The van der Waals surface area contributed by atoms with Gasteiger partial charge in [-0.2, -0.15) is 0 Å². The van der Waals surface area contributed by atoms with Gasteiger partial charge >= 0.3 is 5.97 Å².